The van der Waals surface area contributed by atoms with Gasteiger partial charge in [-0.25, -0.2) is 0 Å². The van der Waals surface area contributed by atoms with E-state index < -0.39 is 5.97 Å². The van der Waals surface area contributed by atoms with E-state index in [4.69, 9.17) is 5.11 Å². The van der Waals surface area contributed by atoms with Gasteiger partial charge in [-0.15, -0.1) is 12.4 Å². The lowest BCUT2D eigenvalue weighted by atomic mass is 10.0. The molecule has 0 aromatic heterocycles. The summed E-state index contributed by atoms with van der Waals surface area (Å²) in [5, 5.41) is 8.86. The molecule has 0 aliphatic carbocycles. The van der Waals surface area contributed by atoms with E-state index in [1.807, 2.05) is 36.7 Å². The molecule has 4 heteroatoms. The van der Waals surface area contributed by atoms with Crippen LogP contribution < -0.4 is 0 Å². The van der Waals surface area contributed by atoms with Crippen molar-refractivity contribution in [3.63, 3.8) is 0 Å². The number of rotatable bonds is 4. The number of carboxylic acids is 1. The highest BCUT2D eigenvalue weighted by Crippen LogP contribution is 2.15. The molecule has 0 fully saturated rings. The van der Waals surface area contributed by atoms with Crippen LogP contribution in [0.25, 0.3) is 0 Å². The Morgan fingerprint density at radius 1 is 1.17 bits per heavy atom. The third kappa shape index (κ3) is 3.93. The van der Waals surface area contributed by atoms with Gasteiger partial charge in [0.15, 0.2) is 0 Å². The molecule has 1 heterocycles. The second-order valence-corrected chi connectivity index (χ2v) is 4.02. The number of carboxylic acid groups (broad SMARTS) is 1. The molecule has 0 atom stereocenters. The zero-order valence-corrected chi connectivity index (χ0v) is 10.8. The Morgan fingerprint density at radius 2 is 1.78 bits per heavy atom. The van der Waals surface area contributed by atoms with Gasteiger partial charge in [0.2, 0.25) is 0 Å². The van der Waals surface area contributed by atoms with Gasteiger partial charge in [-0.05, 0) is 17.5 Å². The number of nitrogens with zero attached hydrogens (tertiary/aromatic N) is 1. The van der Waals surface area contributed by atoms with Crippen LogP contribution in [-0.2, 0) is 17.8 Å². The number of aliphatic carboxylic acids is 1. The largest absolute Gasteiger partial charge is 0.481 e. The lowest BCUT2D eigenvalue weighted by Gasteiger charge is -2.19. The Morgan fingerprint density at radius 3 is 2.39 bits per heavy atom. The number of hydrogen-bond acceptors (Lipinski definition) is 2. The third-order valence-corrected chi connectivity index (χ3v) is 2.68. The fraction of sp³-hybridized carbons (Fsp3) is 0.214. The highest BCUT2D eigenvalue weighted by atomic mass is 35.5. The summed E-state index contributed by atoms with van der Waals surface area (Å²) in [6.45, 7) is 0.719. The fourth-order valence-corrected chi connectivity index (χ4v) is 1.87. The third-order valence-electron chi connectivity index (χ3n) is 2.68. The van der Waals surface area contributed by atoms with Crippen molar-refractivity contribution in [2.24, 2.45) is 0 Å². The molecule has 0 amide bonds. The Balaban J connectivity index is 0.00000162. The lowest BCUT2D eigenvalue weighted by Crippen LogP contribution is -2.13. The Labute approximate surface area is 113 Å². The summed E-state index contributed by atoms with van der Waals surface area (Å²) in [5.74, 6) is -0.790. The Kier molecular flexibility index (Phi) is 5.46. The predicted octanol–water partition coefficient (Wildman–Crippen LogP) is 2.97. The number of carbonyl (C=O) groups is 1. The smallest absolute Gasteiger partial charge is 0.307 e. The molecule has 0 spiro atoms. The SMILES string of the molecule is Cl.O=C(O)Cc1ccccc1CN1C=CCC=C1. The molecule has 1 N–H and O–H groups in total. The molecule has 18 heavy (non-hydrogen) atoms. The van der Waals surface area contributed by atoms with Gasteiger partial charge < -0.3 is 10.0 Å². The van der Waals surface area contributed by atoms with Gasteiger partial charge in [0, 0.05) is 18.9 Å². The van der Waals surface area contributed by atoms with Gasteiger partial charge >= 0.3 is 5.97 Å². The standard InChI is InChI=1S/C14H15NO2.ClH/c16-14(17)10-12-6-2-3-7-13(12)11-15-8-4-1-5-9-15;/h2-9H,1,10-11H2,(H,16,17);1H. The van der Waals surface area contributed by atoms with Crippen LogP contribution in [0, 0.1) is 0 Å². The van der Waals surface area contributed by atoms with Crippen molar-refractivity contribution in [1.29, 1.82) is 0 Å². The van der Waals surface area contributed by atoms with Crippen molar-refractivity contribution in [3.8, 4) is 0 Å². The maximum absolute atomic E-state index is 10.8. The molecule has 1 aromatic rings. The summed E-state index contributed by atoms with van der Waals surface area (Å²) < 4.78 is 0. The summed E-state index contributed by atoms with van der Waals surface area (Å²) in [6, 6.07) is 7.68. The molecular formula is C14H16ClNO2. The average molecular weight is 266 g/mol. The molecule has 0 radical (unpaired) electrons. The first kappa shape index (κ1) is 14.3. The lowest BCUT2D eigenvalue weighted by molar-refractivity contribution is -0.136. The van der Waals surface area contributed by atoms with Gasteiger partial charge in [0.05, 0.1) is 6.42 Å². The van der Waals surface area contributed by atoms with Crippen LogP contribution in [0.2, 0.25) is 0 Å². The topological polar surface area (TPSA) is 40.5 Å². The van der Waals surface area contributed by atoms with Gasteiger partial charge in [-0.3, -0.25) is 4.79 Å². The van der Waals surface area contributed by atoms with Crippen LogP contribution >= 0.6 is 12.4 Å². The van der Waals surface area contributed by atoms with Gasteiger partial charge in [0.25, 0.3) is 0 Å². The van der Waals surface area contributed by atoms with Crippen LogP contribution in [-0.4, -0.2) is 16.0 Å². The van der Waals surface area contributed by atoms with E-state index in [9.17, 15) is 4.79 Å². The van der Waals surface area contributed by atoms with E-state index >= 15 is 0 Å². The van der Waals surface area contributed by atoms with E-state index in [1.165, 1.54) is 0 Å². The van der Waals surface area contributed by atoms with Crippen LogP contribution in [0.4, 0.5) is 0 Å². The highest BCUT2D eigenvalue weighted by Gasteiger charge is 2.08. The van der Waals surface area contributed by atoms with E-state index in [0.717, 1.165) is 24.1 Å². The molecule has 96 valence electrons. The van der Waals surface area contributed by atoms with E-state index in [0.29, 0.717) is 0 Å². The molecule has 0 saturated carbocycles. The normalized spacial score (nSPS) is 13.2. The van der Waals surface area contributed by atoms with Crippen LogP contribution in [0.5, 0.6) is 0 Å². The van der Waals surface area contributed by atoms with Crippen LogP contribution in [0.3, 0.4) is 0 Å². The summed E-state index contributed by atoms with van der Waals surface area (Å²) in [5.41, 5.74) is 1.94. The van der Waals surface area contributed by atoms with Crippen molar-refractivity contribution >= 4 is 18.4 Å². The molecular weight excluding hydrogens is 250 g/mol. The van der Waals surface area contributed by atoms with Crippen molar-refractivity contribution in [2.45, 2.75) is 19.4 Å². The van der Waals surface area contributed by atoms with E-state index in [2.05, 4.69) is 17.1 Å². The first-order chi connectivity index (χ1) is 8.25. The summed E-state index contributed by atoms with van der Waals surface area (Å²) in [7, 11) is 0. The predicted molar refractivity (Wildman–Crippen MR) is 73.5 cm³/mol. The van der Waals surface area contributed by atoms with Crippen molar-refractivity contribution in [2.75, 3.05) is 0 Å². The Bertz CT molecular complexity index is 457. The summed E-state index contributed by atoms with van der Waals surface area (Å²) in [4.78, 5) is 12.8. The van der Waals surface area contributed by atoms with E-state index in [-0.39, 0.29) is 18.8 Å². The second-order valence-electron chi connectivity index (χ2n) is 4.02. The highest BCUT2D eigenvalue weighted by molar-refractivity contribution is 5.85. The molecule has 3 nitrogen and oxygen atoms in total. The van der Waals surface area contributed by atoms with Crippen LogP contribution in [0.1, 0.15) is 17.5 Å². The minimum absolute atomic E-state index is 0. The number of benzene rings is 1. The average Bonchev–Trinajstić information content (AvgIpc) is 2.32. The second kappa shape index (κ2) is 6.87. The zero-order valence-electron chi connectivity index (χ0n) is 9.95. The van der Waals surface area contributed by atoms with Gasteiger partial charge in [-0.1, -0.05) is 36.4 Å². The Hall–Kier alpha value is -1.74. The maximum atomic E-state index is 10.8. The molecule has 1 aliphatic heterocycles. The molecule has 1 aliphatic rings. The zero-order chi connectivity index (χ0) is 12.1. The van der Waals surface area contributed by atoms with Crippen molar-refractivity contribution in [1.82, 2.24) is 4.90 Å². The van der Waals surface area contributed by atoms with E-state index in [1.54, 1.807) is 0 Å². The molecule has 0 unspecified atom stereocenters. The quantitative estimate of drug-likeness (QED) is 0.910. The fourth-order valence-electron chi connectivity index (χ4n) is 1.87. The summed E-state index contributed by atoms with van der Waals surface area (Å²) >= 11 is 0. The summed E-state index contributed by atoms with van der Waals surface area (Å²) in [6.07, 6.45) is 9.26. The minimum Gasteiger partial charge on any atom is -0.481 e. The first-order valence-corrected chi connectivity index (χ1v) is 5.63. The van der Waals surface area contributed by atoms with Crippen molar-refractivity contribution < 1.29 is 9.90 Å². The molecule has 1 aromatic carbocycles. The number of allylic oxidation sites excluding steroid dienone is 2. The molecule has 0 bridgehead atoms. The number of hydrogen-bond donors (Lipinski definition) is 1. The van der Waals surface area contributed by atoms with Gasteiger partial charge in [0.1, 0.15) is 0 Å². The van der Waals surface area contributed by atoms with Gasteiger partial charge in [-0.2, -0.15) is 0 Å². The number of halogens is 1. The first-order valence-electron chi connectivity index (χ1n) is 5.63. The van der Waals surface area contributed by atoms with Crippen LogP contribution in [0.15, 0.2) is 48.8 Å². The molecule has 0 saturated heterocycles. The molecule has 2 rings (SSSR count). The minimum atomic E-state index is -0.790. The monoisotopic (exact) mass is 265 g/mol. The maximum Gasteiger partial charge on any atom is 0.307 e. The van der Waals surface area contributed by atoms with Crippen molar-refractivity contribution in [3.05, 3.63) is 59.9 Å².